The highest BCUT2D eigenvalue weighted by Gasteiger charge is 2.24. The second-order valence-electron chi connectivity index (χ2n) is 8.23. The van der Waals surface area contributed by atoms with E-state index in [0.29, 0.717) is 10.9 Å². The van der Waals surface area contributed by atoms with Gasteiger partial charge in [0.2, 0.25) is 6.41 Å². The molecule has 0 saturated carbocycles. The fourth-order valence-electron chi connectivity index (χ4n) is 4.34. The molecule has 1 saturated heterocycles. The lowest BCUT2D eigenvalue weighted by molar-refractivity contribution is -0.117. The van der Waals surface area contributed by atoms with Crippen molar-refractivity contribution < 1.29 is 9.90 Å². The van der Waals surface area contributed by atoms with Crippen molar-refractivity contribution in [3.05, 3.63) is 87.7 Å². The Labute approximate surface area is 195 Å². The first-order chi connectivity index (χ1) is 15.5. The fourth-order valence-corrected chi connectivity index (χ4v) is 4.45. The monoisotopic (exact) mass is 450 g/mol. The molecule has 2 heterocycles. The number of halogens is 1. The number of benzene rings is 2. The Kier molecular flexibility index (Phi) is 8.43. The van der Waals surface area contributed by atoms with E-state index in [4.69, 9.17) is 11.6 Å². The molecular formula is C27H31ClN2O2. The summed E-state index contributed by atoms with van der Waals surface area (Å²) in [5.74, 6) is 0.328. The molecule has 1 aliphatic heterocycles. The van der Waals surface area contributed by atoms with Crippen molar-refractivity contribution in [3.63, 3.8) is 0 Å². The van der Waals surface area contributed by atoms with E-state index in [1.165, 1.54) is 22.3 Å². The number of likely N-dealkylation sites (tertiary alicyclic amines) is 1. The van der Waals surface area contributed by atoms with Gasteiger partial charge in [-0.1, -0.05) is 48.9 Å². The van der Waals surface area contributed by atoms with E-state index in [0.717, 1.165) is 49.2 Å². The van der Waals surface area contributed by atoms with Crippen LogP contribution in [0.1, 0.15) is 47.2 Å². The highest BCUT2D eigenvalue weighted by molar-refractivity contribution is 6.30. The predicted molar refractivity (Wildman–Crippen MR) is 131 cm³/mol. The first-order valence-corrected chi connectivity index (χ1v) is 11.4. The van der Waals surface area contributed by atoms with Gasteiger partial charge >= 0.3 is 0 Å². The molecule has 2 aromatic carbocycles. The lowest BCUT2D eigenvalue weighted by Crippen LogP contribution is -2.17. The summed E-state index contributed by atoms with van der Waals surface area (Å²) < 4.78 is 0. The second kappa shape index (κ2) is 11.3. The normalized spacial score (nSPS) is 15.3. The Bertz CT molecular complexity index is 1030. The zero-order valence-corrected chi connectivity index (χ0v) is 19.8. The number of pyridine rings is 1. The minimum atomic E-state index is 0.0358. The fraction of sp³-hybridized carbons (Fsp3) is 0.333. The van der Waals surface area contributed by atoms with Crippen molar-refractivity contribution in [1.29, 1.82) is 0 Å². The SMILES string of the molecule is CCc1c(C)cccc1-c1ccc(C2CCN(C=O)C2)c(CO)c1.Cc1ccc(Cl)cn1. The number of rotatable bonds is 5. The third-order valence-corrected chi connectivity index (χ3v) is 6.30. The topological polar surface area (TPSA) is 53.4 Å². The molecule has 4 nitrogen and oxygen atoms in total. The molecule has 32 heavy (non-hydrogen) atoms. The van der Waals surface area contributed by atoms with Crippen molar-refractivity contribution >= 4 is 18.0 Å². The number of aryl methyl sites for hydroxylation is 2. The van der Waals surface area contributed by atoms with E-state index in [9.17, 15) is 9.90 Å². The molecule has 5 heteroatoms. The van der Waals surface area contributed by atoms with Gasteiger partial charge in [0.1, 0.15) is 0 Å². The number of nitrogens with zero attached hydrogens (tertiary/aromatic N) is 2. The number of aliphatic hydroxyl groups is 1. The van der Waals surface area contributed by atoms with Crippen LogP contribution in [0.15, 0.2) is 54.7 Å². The van der Waals surface area contributed by atoms with E-state index in [1.54, 1.807) is 6.20 Å². The lowest BCUT2D eigenvalue weighted by atomic mass is 9.88. The van der Waals surface area contributed by atoms with E-state index in [1.807, 2.05) is 24.0 Å². The van der Waals surface area contributed by atoms with Gasteiger partial charge in [0.15, 0.2) is 0 Å². The molecule has 1 fully saturated rings. The van der Waals surface area contributed by atoms with Crippen LogP contribution in [0.3, 0.4) is 0 Å². The molecule has 4 rings (SSSR count). The first-order valence-electron chi connectivity index (χ1n) is 11.1. The average Bonchev–Trinajstić information content (AvgIpc) is 3.30. The summed E-state index contributed by atoms with van der Waals surface area (Å²) in [6.45, 7) is 7.85. The van der Waals surface area contributed by atoms with Gasteiger partial charge in [0.25, 0.3) is 0 Å². The molecular weight excluding hydrogens is 420 g/mol. The Morgan fingerprint density at radius 3 is 2.59 bits per heavy atom. The molecule has 168 valence electrons. The Morgan fingerprint density at radius 1 is 1.19 bits per heavy atom. The summed E-state index contributed by atoms with van der Waals surface area (Å²) in [4.78, 5) is 16.7. The van der Waals surface area contributed by atoms with Crippen LogP contribution in [0.4, 0.5) is 0 Å². The van der Waals surface area contributed by atoms with Gasteiger partial charge in [0.05, 0.1) is 11.6 Å². The molecule has 3 aromatic rings. The van der Waals surface area contributed by atoms with E-state index >= 15 is 0 Å². The molecule has 0 radical (unpaired) electrons. The van der Waals surface area contributed by atoms with Crippen LogP contribution in [0.5, 0.6) is 0 Å². The molecule has 0 bridgehead atoms. The van der Waals surface area contributed by atoms with Crippen LogP contribution in [0.25, 0.3) is 11.1 Å². The highest BCUT2D eigenvalue weighted by atomic mass is 35.5. The smallest absolute Gasteiger partial charge is 0.209 e. The second-order valence-corrected chi connectivity index (χ2v) is 8.67. The Hall–Kier alpha value is -2.69. The molecule has 1 aromatic heterocycles. The number of aromatic nitrogens is 1. The minimum absolute atomic E-state index is 0.0358. The third kappa shape index (κ3) is 5.76. The molecule has 1 N–H and O–H groups in total. The molecule has 0 spiro atoms. The molecule has 0 aliphatic carbocycles. The maximum absolute atomic E-state index is 11.0. The largest absolute Gasteiger partial charge is 0.392 e. The maximum Gasteiger partial charge on any atom is 0.209 e. The molecule has 1 unspecified atom stereocenters. The van der Waals surface area contributed by atoms with Crippen molar-refractivity contribution in [2.24, 2.45) is 0 Å². The van der Waals surface area contributed by atoms with Gasteiger partial charge in [0, 0.05) is 30.9 Å². The van der Waals surface area contributed by atoms with Crippen LogP contribution in [0.2, 0.25) is 5.02 Å². The molecule has 1 atom stereocenters. The van der Waals surface area contributed by atoms with Gasteiger partial charge in [-0.25, -0.2) is 0 Å². The highest BCUT2D eigenvalue weighted by Crippen LogP contribution is 2.33. The summed E-state index contributed by atoms with van der Waals surface area (Å²) in [6, 6.07) is 16.5. The summed E-state index contributed by atoms with van der Waals surface area (Å²) in [6.07, 6.45) is 4.52. The predicted octanol–water partition coefficient (Wildman–Crippen LogP) is 5.71. The van der Waals surface area contributed by atoms with Crippen LogP contribution >= 0.6 is 11.6 Å². The van der Waals surface area contributed by atoms with Gasteiger partial charge < -0.3 is 10.0 Å². The van der Waals surface area contributed by atoms with Gasteiger partial charge in [-0.15, -0.1) is 0 Å². The number of carbonyl (C=O) groups excluding carboxylic acids is 1. The third-order valence-electron chi connectivity index (χ3n) is 6.07. The number of aliphatic hydroxyl groups excluding tert-OH is 1. The van der Waals surface area contributed by atoms with Crippen LogP contribution in [-0.4, -0.2) is 34.5 Å². The van der Waals surface area contributed by atoms with Crippen LogP contribution < -0.4 is 0 Å². The number of carbonyl (C=O) groups is 1. The van der Waals surface area contributed by atoms with E-state index in [2.05, 4.69) is 55.2 Å². The van der Waals surface area contributed by atoms with Gasteiger partial charge in [-0.3, -0.25) is 9.78 Å². The standard InChI is InChI=1S/C21H25NO2.C6H6ClN/c1-3-19-15(2)5-4-6-21(19)16-7-8-20(18(11-16)13-23)17-9-10-22(12-17)14-24;1-5-2-3-6(7)4-8-5/h4-8,11,14,17,23H,3,9-10,12-13H2,1-2H3;2-4H,1H3. The van der Waals surface area contributed by atoms with E-state index < -0.39 is 0 Å². The number of amides is 1. The Balaban J connectivity index is 0.000000305. The lowest BCUT2D eigenvalue weighted by Gasteiger charge is -2.17. The van der Waals surface area contributed by atoms with Crippen molar-refractivity contribution in [2.45, 2.75) is 46.1 Å². The number of hydrogen-bond donors (Lipinski definition) is 1. The van der Waals surface area contributed by atoms with Crippen molar-refractivity contribution in [2.75, 3.05) is 13.1 Å². The summed E-state index contributed by atoms with van der Waals surface area (Å²) in [5.41, 5.74) is 8.23. The zero-order chi connectivity index (χ0) is 23.1. The summed E-state index contributed by atoms with van der Waals surface area (Å²) in [7, 11) is 0. The average molecular weight is 451 g/mol. The van der Waals surface area contributed by atoms with Crippen LogP contribution in [0, 0.1) is 13.8 Å². The van der Waals surface area contributed by atoms with Crippen molar-refractivity contribution in [1.82, 2.24) is 9.88 Å². The molecule has 1 aliphatic rings. The minimum Gasteiger partial charge on any atom is -0.392 e. The van der Waals surface area contributed by atoms with E-state index in [-0.39, 0.29) is 6.61 Å². The number of hydrogen-bond acceptors (Lipinski definition) is 3. The van der Waals surface area contributed by atoms with Gasteiger partial charge in [-0.05, 0) is 78.3 Å². The Morgan fingerprint density at radius 2 is 2.00 bits per heavy atom. The van der Waals surface area contributed by atoms with Crippen LogP contribution in [-0.2, 0) is 17.8 Å². The summed E-state index contributed by atoms with van der Waals surface area (Å²) in [5, 5.41) is 10.6. The maximum atomic E-state index is 11.0. The van der Waals surface area contributed by atoms with Crippen molar-refractivity contribution in [3.8, 4) is 11.1 Å². The zero-order valence-electron chi connectivity index (χ0n) is 19.0. The quantitative estimate of drug-likeness (QED) is 0.507. The first kappa shape index (κ1) is 24.0. The summed E-state index contributed by atoms with van der Waals surface area (Å²) >= 11 is 5.55. The molecule has 1 amide bonds. The van der Waals surface area contributed by atoms with Gasteiger partial charge in [-0.2, -0.15) is 0 Å².